The van der Waals surface area contributed by atoms with Gasteiger partial charge in [0.25, 0.3) is 0 Å². The summed E-state index contributed by atoms with van der Waals surface area (Å²) in [5.74, 6) is 1.01. The van der Waals surface area contributed by atoms with Crippen molar-refractivity contribution < 1.29 is 4.74 Å². The third-order valence-corrected chi connectivity index (χ3v) is 5.32. The monoisotopic (exact) mass is 348 g/mol. The molecule has 2 saturated heterocycles. The first kappa shape index (κ1) is 18.5. The van der Waals surface area contributed by atoms with Crippen molar-refractivity contribution in [3.8, 4) is 0 Å². The fraction of sp³-hybridized carbons (Fsp3) is 0.833. The van der Waals surface area contributed by atoms with E-state index in [9.17, 15) is 0 Å². The number of piperazine rings is 1. The molecule has 7 nitrogen and oxygen atoms in total. The molecule has 0 amide bonds. The number of ether oxygens (including phenoxy) is 1. The number of aromatic nitrogens is 4. The van der Waals surface area contributed by atoms with Crippen LogP contribution in [0.1, 0.15) is 50.9 Å². The van der Waals surface area contributed by atoms with Crippen LogP contribution in [0.3, 0.4) is 0 Å². The van der Waals surface area contributed by atoms with Gasteiger partial charge in [0.05, 0.1) is 18.7 Å². The molecule has 2 atom stereocenters. The van der Waals surface area contributed by atoms with Crippen molar-refractivity contribution in [3.63, 3.8) is 0 Å². The molecule has 1 aromatic rings. The zero-order valence-corrected chi connectivity index (χ0v) is 15.5. The van der Waals surface area contributed by atoms with E-state index in [1.165, 1.54) is 12.8 Å². The number of rotatable bonds is 9. The zero-order chi connectivity index (χ0) is 17.5. The van der Waals surface area contributed by atoms with Crippen molar-refractivity contribution in [2.45, 2.75) is 57.7 Å². The van der Waals surface area contributed by atoms with Crippen molar-refractivity contribution in [2.75, 3.05) is 39.3 Å². The molecule has 3 heterocycles. The summed E-state index contributed by atoms with van der Waals surface area (Å²) in [5.41, 5.74) is 0. The van der Waals surface area contributed by atoms with Crippen molar-refractivity contribution in [1.82, 2.24) is 30.0 Å². The van der Waals surface area contributed by atoms with E-state index >= 15 is 0 Å². The minimum Gasteiger partial charge on any atom is -0.376 e. The summed E-state index contributed by atoms with van der Waals surface area (Å²) in [6, 6.07) is 0.308. The molecular weight excluding hydrogens is 316 g/mol. The molecule has 2 aliphatic rings. The average Bonchev–Trinajstić information content (AvgIpc) is 3.30. The molecule has 0 radical (unpaired) electrons. The van der Waals surface area contributed by atoms with E-state index < -0.39 is 0 Å². The Kier molecular flexibility index (Phi) is 6.95. The van der Waals surface area contributed by atoms with Crippen LogP contribution in [0, 0.1) is 0 Å². The second kappa shape index (κ2) is 9.40. The van der Waals surface area contributed by atoms with E-state index in [0.717, 1.165) is 71.0 Å². The molecule has 25 heavy (non-hydrogen) atoms. The summed E-state index contributed by atoms with van der Waals surface area (Å²) < 4.78 is 7.78. The second-order valence-electron chi connectivity index (χ2n) is 7.14. The maximum atomic E-state index is 5.78. The fourth-order valence-corrected chi connectivity index (χ4v) is 3.87. The molecule has 0 bridgehead atoms. The van der Waals surface area contributed by atoms with Crippen LogP contribution in [-0.4, -0.2) is 75.4 Å². The Morgan fingerprint density at radius 2 is 2.16 bits per heavy atom. The van der Waals surface area contributed by atoms with Crippen LogP contribution in [0.15, 0.2) is 12.7 Å². The Morgan fingerprint density at radius 1 is 1.32 bits per heavy atom. The van der Waals surface area contributed by atoms with Gasteiger partial charge in [-0.1, -0.05) is 25.8 Å². The summed E-state index contributed by atoms with van der Waals surface area (Å²) in [7, 11) is 0. The quantitative estimate of drug-likeness (QED) is 0.635. The van der Waals surface area contributed by atoms with Gasteiger partial charge in [-0.2, -0.15) is 0 Å². The van der Waals surface area contributed by atoms with Gasteiger partial charge >= 0.3 is 0 Å². The van der Waals surface area contributed by atoms with Crippen LogP contribution in [0.25, 0.3) is 0 Å². The van der Waals surface area contributed by atoms with E-state index in [1.807, 2.05) is 10.8 Å². The van der Waals surface area contributed by atoms with Gasteiger partial charge in [0.2, 0.25) is 0 Å². The normalized spacial score (nSPS) is 23.8. The summed E-state index contributed by atoms with van der Waals surface area (Å²) >= 11 is 0. The molecule has 7 heteroatoms. The van der Waals surface area contributed by atoms with Gasteiger partial charge in [-0.25, -0.2) is 4.68 Å². The SMILES string of the molecule is C=CCN1CCN([C@@H](CCCC)c2nnnn2C[C@H]2CCCO2)CC1. The summed E-state index contributed by atoms with van der Waals surface area (Å²) in [4.78, 5) is 5.02. The van der Waals surface area contributed by atoms with Crippen LogP contribution in [0.4, 0.5) is 0 Å². The molecular formula is C18H32N6O. The van der Waals surface area contributed by atoms with Gasteiger partial charge in [0, 0.05) is 39.3 Å². The third-order valence-electron chi connectivity index (χ3n) is 5.32. The number of tetrazole rings is 1. The lowest BCUT2D eigenvalue weighted by molar-refractivity contribution is 0.0786. The topological polar surface area (TPSA) is 59.3 Å². The van der Waals surface area contributed by atoms with Crippen molar-refractivity contribution >= 4 is 0 Å². The number of unbranched alkanes of at least 4 members (excludes halogenated alkanes) is 1. The Bertz CT molecular complexity index is 519. The predicted octanol–water partition coefficient (Wildman–Crippen LogP) is 1.89. The molecule has 3 rings (SSSR count). The van der Waals surface area contributed by atoms with E-state index in [4.69, 9.17) is 4.74 Å². The van der Waals surface area contributed by atoms with Gasteiger partial charge < -0.3 is 4.74 Å². The highest BCUT2D eigenvalue weighted by Crippen LogP contribution is 2.26. The van der Waals surface area contributed by atoms with Crippen molar-refractivity contribution in [1.29, 1.82) is 0 Å². The van der Waals surface area contributed by atoms with E-state index in [0.29, 0.717) is 6.04 Å². The van der Waals surface area contributed by atoms with Gasteiger partial charge in [-0.05, 0) is 29.7 Å². The fourth-order valence-electron chi connectivity index (χ4n) is 3.87. The molecule has 0 N–H and O–H groups in total. The molecule has 0 saturated carbocycles. The Hall–Kier alpha value is -1.31. The number of hydrogen-bond donors (Lipinski definition) is 0. The first-order chi connectivity index (χ1) is 12.3. The van der Waals surface area contributed by atoms with Crippen LogP contribution in [-0.2, 0) is 11.3 Å². The summed E-state index contributed by atoms with van der Waals surface area (Å²) in [6.07, 6.45) is 8.02. The zero-order valence-electron chi connectivity index (χ0n) is 15.5. The highest BCUT2D eigenvalue weighted by molar-refractivity contribution is 4.96. The average molecular weight is 348 g/mol. The predicted molar refractivity (Wildman–Crippen MR) is 97.3 cm³/mol. The first-order valence-corrected chi connectivity index (χ1v) is 9.76. The molecule has 2 aliphatic heterocycles. The molecule has 0 aliphatic carbocycles. The minimum absolute atomic E-state index is 0.263. The summed E-state index contributed by atoms with van der Waals surface area (Å²) in [6.45, 7) is 13.0. The summed E-state index contributed by atoms with van der Waals surface area (Å²) in [5, 5.41) is 12.7. The lowest BCUT2D eigenvalue weighted by Crippen LogP contribution is -2.48. The van der Waals surface area contributed by atoms with Gasteiger partial charge in [-0.3, -0.25) is 9.80 Å². The van der Waals surface area contributed by atoms with Gasteiger partial charge in [0.15, 0.2) is 5.82 Å². The van der Waals surface area contributed by atoms with Crippen LogP contribution < -0.4 is 0 Å². The van der Waals surface area contributed by atoms with Crippen LogP contribution >= 0.6 is 0 Å². The van der Waals surface area contributed by atoms with Gasteiger partial charge in [0.1, 0.15) is 0 Å². The van der Waals surface area contributed by atoms with E-state index in [2.05, 4.69) is 38.8 Å². The Labute approximate surface area is 151 Å². The molecule has 2 fully saturated rings. The van der Waals surface area contributed by atoms with Crippen molar-refractivity contribution in [3.05, 3.63) is 18.5 Å². The maximum Gasteiger partial charge on any atom is 0.168 e. The first-order valence-electron chi connectivity index (χ1n) is 9.76. The van der Waals surface area contributed by atoms with E-state index in [-0.39, 0.29) is 6.10 Å². The molecule has 0 spiro atoms. The minimum atomic E-state index is 0.263. The lowest BCUT2D eigenvalue weighted by Gasteiger charge is -2.38. The second-order valence-corrected chi connectivity index (χ2v) is 7.14. The third kappa shape index (κ3) is 4.86. The molecule has 0 unspecified atom stereocenters. The standard InChI is InChI=1S/C18H32N6O/c1-3-5-8-17(23-12-10-22(9-4-2)11-13-23)18-19-20-21-24(18)15-16-7-6-14-25-16/h4,16-17H,2-3,5-15H2,1H3/t16-,17+/m1/s1. The molecule has 1 aromatic heterocycles. The smallest absolute Gasteiger partial charge is 0.168 e. The molecule has 140 valence electrons. The van der Waals surface area contributed by atoms with Crippen LogP contribution in [0.2, 0.25) is 0 Å². The van der Waals surface area contributed by atoms with Gasteiger partial charge in [-0.15, -0.1) is 11.7 Å². The largest absolute Gasteiger partial charge is 0.376 e. The molecule has 0 aromatic carbocycles. The van der Waals surface area contributed by atoms with Crippen molar-refractivity contribution in [2.24, 2.45) is 0 Å². The Morgan fingerprint density at radius 3 is 2.84 bits per heavy atom. The highest BCUT2D eigenvalue weighted by Gasteiger charge is 2.29. The number of nitrogens with zero attached hydrogens (tertiary/aromatic N) is 6. The Balaban J connectivity index is 1.68. The van der Waals surface area contributed by atoms with Crippen LogP contribution in [0.5, 0.6) is 0 Å². The van der Waals surface area contributed by atoms with E-state index in [1.54, 1.807) is 0 Å². The lowest BCUT2D eigenvalue weighted by atomic mass is 10.1. The number of hydrogen-bond acceptors (Lipinski definition) is 6. The maximum absolute atomic E-state index is 5.78. The highest BCUT2D eigenvalue weighted by atomic mass is 16.5.